The molecule has 0 spiro atoms. The highest BCUT2D eigenvalue weighted by Gasteiger charge is 2.32. The fourth-order valence-electron chi connectivity index (χ4n) is 5.52. The largest absolute Gasteiger partial charge is 0.451 e. The van der Waals surface area contributed by atoms with Gasteiger partial charge in [-0.1, -0.05) is 29.7 Å². The third kappa shape index (κ3) is 7.49. The molecule has 4 N–H and O–H groups in total. The van der Waals surface area contributed by atoms with Crippen molar-refractivity contribution < 1.29 is 14.0 Å². The second-order valence-corrected chi connectivity index (χ2v) is 13.2. The summed E-state index contributed by atoms with van der Waals surface area (Å²) < 4.78 is 7.78. The van der Waals surface area contributed by atoms with Crippen molar-refractivity contribution in [3.63, 3.8) is 0 Å². The predicted octanol–water partition coefficient (Wildman–Crippen LogP) is 5.48. The molecule has 1 atom stereocenters. The Morgan fingerprint density at radius 3 is 2.49 bits per heavy atom. The van der Waals surface area contributed by atoms with Crippen molar-refractivity contribution in [1.29, 1.82) is 0 Å². The van der Waals surface area contributed by atoms with E-state index in [2.05, 4.69) is 51.5 Å². The Hall–Kier alpha value is -5.09. The minimum absolute atomic E-state index is 0.110. The van der Waals surface area contributed by atoms with Crippen LogP contribution in [0, 0.1) is 32.6 Å². The second-order valence-electron chi connectivity index (χ2n) is 11.5. The molecule has 6 rings (SSSR count). The fourth-order valence-corrected chi connectivity index (χ4v) is 6.86. The minimum Gasteiger partial charge on any atom is -0.451 e. The van der Waals surface area contributed by atoms with Gasteiger partial charge in [-0.2, -0.15) is 0 Å². The predicted molar refractivity (Wildman–Crippen MR) is 190 cm³/mol. The lowest BCUT2D eigenvalue weighted by Gasteiger charge is -2.13. The Kier molecular flexibility index (Phi) is 10.3. The number of nitrogens with zero attached hydrogens (tertiary/aromatic N) is 5. The first kappa shape index (κ1) is 33.8. The van der Waals surface area contributed by atoms with E-state index in [1.807, 2.05) is 41.8 Å². The van der Waals surface area contributed by atoms with Crippen LogP contribution in [-0.2, 0) is 4.79 Å². The SMILES string of the molecule is Cc1sc2c(c1C)C(c1ccc(Cl)cc1)=N[C@@H](CC(=O)NCCCCNC(=O)c1ccc(-c3ccc(C#CCN)nc3)o1)c1nnc(C)n1-2. The number of carbonyl (C=O) groups is 2. The Balaban J connectivity index is 1.04. The van der Waals surface area contributed by atoms with Gasteiger partial charge >= 0.3 is 0 Å². The highest BCUT2D eigenvalue weighted by atomic mass is 35.5. The molecule has 0 fully saturated rings. The molecule has 2 amide bonds. The lowest BCUT2D eigenvalue weighted by Crippen LogP contribution is -2.28. The maximum atomic E-state index is 13.2. The summed E-state index contributed by atoms with van der Waals surface area (Å²) in [6.45, 7) is 7.25. The molecule has 1 aromatic carbocycles. The monoisotopic (exact) mass is 694 g/mol. The van der Waals surface area contributed by atoms with E-state index in [0.717, 1.165) is 38.8 Å². The number of pyridine rings is 1. The molecule has 11 nitrogen and oxygen atoms in total. The van der Waals surface area contributed by atoms with E-state index < -0.39 is 6.04 Å². The molecule has 0 saturated heterocycles. The highest BCUT2D eigenvalue weighted by molar-refractivity contribution is 7.15. The van der Waals surface area contributed by atoms with Gasteiger partial charge in [0.15, 0.2) is 11.6 Å². The third-order valence-electron chi connectivity index (χ3n) is 8.14. The number of aryl methyl sites for hydroxylation is 2. The van der Waals surface area contributed by atoms with Gasteiger partial charge in [0.1, 0.15) is 28.3 Å². The van der Waals surface area contributed by atoms with Gasteiger partial charge in [0.05, 0.1) is 18.7 Å². The number of amides is 2. The van der Waals surface area contributed by atoms with Crippen LogP contribution in [0.15, 0.2) is 64.1 Å². The molecule has 0 saturated carbocycles. The second kappa shape index (κ2) is 15.0. The van der Waals surface area contributed by atoms with E-state index in [0.29, 0.717) is 48.2 Å². The molecule has 5 heterocycles. The zero-order valence-electron chi connectivity index (χ0n) is 27.3. The number of benzene rings is 1. The fraction of sp³-hybridized carbons (Fsp3) is 0.278. The summed E-state index contributed by atoms with van der Waals surface area (Å²) >= 11 is 7.88. The van der Waals surface area contributed by atoms with Crippen LogP contribution in [0.1, 0.15) is 74.8 Å². The van der Waals surface area contributed by atoms with Crippen LogP contribution in [0.3, 0.4) is 0 Å². The van der Waals surface area contributed by atoms with Crippen molar-refractivity contribution >= 4 is 40.5 Å². The summed E-state index contributed by atoms with van der Waals surface area (Å²) in [6.07, 6.45) is 3.10. The van der Waals surface area contributed by atoms with Crippen molar-refractivity contribution in [2.24, 2.45) is 10.7 Å². The average molecular weight is 695 g/mol. The van der Waals surface area contributed by atoms with Crippen LogP contribution in [-0.4, -0.2) is 56.9 Å². The average Bonchev–Trinajstić information content (AvgIpc) is 3.80. The smallest absolute Gasteiger partial charge is 0.287 e. The number of carbonyl (C=O) groups excluding carboxylic acids is 2. The molecular formula is C36H35ClN8O3S. The van der Waals surface area contributed by atoms with Crippen LogP contribution in [0.5, 0.6) is 0 Å². The summed E-state index contributed by atoms with van der Waals surface area (Å²) in [7, 11) is 0. The van der Waals surface area contributed by atoms with Crippen LogP contribution in [0.25, 0.3) is 16.3 Å². The molecule has 13 heteroatoms. The van der Waals surface area contributed by atoms with Crippen molar-refractivity contribution in [3.05, 3.63) is 104 Å². The molecule has 49 heavy (non-hydrogen) atoms. The van der Waals surface area contributed by atoms with Gasteiger partial charge in [0.25, 0.3) is 5.91 Å². The van der Waals surface area contributed by atoms with E-state index in [4.69, 9.17) is 26.7 Å². The quantitative estimate of drug-likeness (QED) is 0.129. The van der Waals surface area contributed by atoms with Gasteiger partial charge in [0, 0.05) is 45.9 Å². The molecule has 0 bridgehead atoms. The molecule has 250 valence electrons. The number of nitrogens with two attached hydrogens (primary N) is 1. The van der Waals surface area contributed by atoms with Crippen molar-refractivity contribution in [2.45, 2.75) is 46.1 Å². The number of aliphatic imine (C=N–C) groups is 1. The zero-order valence-corrected chi connectivity index (χ0v) is 28.9. The number of nitrogens with one attached hydrogen (secondary N) is 2. The van der Waals surface area contributed by atoms with Crippen LogP contribution in [0.2, 0.25) is 5.02 Å². The van der Waals surface area contributed by atoms with Crippen molar-refractivity contribution in [2.75, 3.05) is 19.6 Å². The Labute approximate surface area is 293 Å². The number of furan rings is 1. The van der Waals surface area contributed by atoms with Crippen LogP contribution >= 0.6 is 22.9 Å². The number of thiophene rings is 1. The number of fused-ring (bicyclic) bond motifs is 3. The third-order valence-corrected chi connectivity index (χ3v) is 9.59. The van der Waals surface area contributed by atoms with E-state index in [-0.39, 0.29) is 30.5 Å². The number of rotatable bonds is 10. The molecular weight excluding hydrogens is 660 g/mol. The van der Waals surface area contributed by atoms with E-state index >= 15 is 0 Å². The molecule has 4 aromatic heterocycles. The molecule has 0 unspecified atom stereocenters. The summed E-state index contributed by atoms with van der Waals surface area (Å²) in [5, 5.41) is 16.4. The minimum atomic E-state index is -0.540. The number of halogens is 1. The first-order chi connectivity index (χ1) is 23.7. The van der Waals surface area contributed by atoms with Crippen LogP contribution in [0.4, 0.5) is 0 Å². The summed E-state index contributed by atoms with van der Waals surface area (Å²) in [4.78, 5) is 36.5. The van der Waals surface area contributed by atoms with E-state index in [1.54, 1.807) is 35.7 Å². The van der Waals surface area contributed by atoms with Crippen LogP contribution < -0.4 is 16.4 Å². The van der Waals surface area contributed by atoms with Gasteiger partial charge < -0.3 is 20.8 Å². The molecule has 5 aromatic rings. The zero-order chi connectivity index (χ0) is 34.5. The Bertz CT molecular complexity index is 2080. The van der Waals surface area contributed by atoms with E-state index in [1.165, 1.54) is 4.88 Å². The first-order valence-electron chi connectivity index (χ1n) is 15.9. The number of hydrogen-bond donors (Lipinski definition) is 3. The maximum absolute atomic E-state index is 13.2. The van der Waals surface area contributed by atoms with Gasteiger partial charge in [0.2, 0.25) is 5.91 Å². The van der Waals surface area contributed by atoms with Crippen molar-refractivity contribution in [3.8, 4) is 28.2 Å². The molecule has 0 aliphatic carbocycles. The normalized spacial score (nSPS) is 13.4. The summed E-state index contributed by atoms with van der Waals surface area (Å²) in [6, 6.07) is 14.0. The molecule has 0 radical (unpaired) electrons. The van der Waals surface area contributed by atoms with Gasteiger partial charge in [-0.15, -0.1) is 21.5 Å². The highest BCUT2D eigenvalue weighted by Crippen LogP contribution is 2.39. The van der Waals surface area contributed by atoms with Gasteiger partial charge in [-0.3, -0.25) is 19.1 Å². The topological polar surface area (TPSA) is 153 Å². The molecule has 1 aliphatic heterocycles. The Morgan fingerprint density at radius 2 is 1.76 bits per heavy atom. The van der Waals surface area contributed by atoms with E-state index in [9.17, 15) is 9.59 Å². The first-order valence-corrected chi connectivity index (χ1v) is 17.1. The lowest BCUT2D eigenvalue weighted by atomic mass is 9.99. The number of unbranched alkanes of at least 4 members (excludes halogenated alkanes) is 1. The van der Waals surface area contributed by atoms with Gasteiger partial charge in [-0.05, 0) is 81.5 Å². The number of hydrogen-bond acceptors (Lipinski definition) is 9. The Morgan fingerprint density at radius 1 is 1.00 bits per heavy atom. The van der Waals surface area contributed by atoms with Gasteiger partial charge in [-0.25, -0.2) is 4.98 Å². The lowest BCUT2D eigenvalue weighted by molar-refractivity contribution is -0.121. The maximum Gasteiger partial charge on any atom is 0.287 e. The van der Waals surface area contributed by atoms with Crippen molar-refractivity contribution in [1.82, 2.24) is 30.4 Å². The summed E-state index contributed by atoms with van der Waals surface area (Å²) in [5.74, 6) is 7.29. The standard InChI is InChI=1S/C36H35ClN8O3S/c1-21-22(2)49-36-32(21)33(24-8-11-26(37)12-9-24)42-28(34-44-43-23(3)45(34)36)19-31(46)39-17-4-5-18-40-35(47)30-15-14-29(48-30)25-10-13-27(41-20-25)7-6-16-38/h8-15,20,28H,4-5,16-19,38H2,1-3H3,(H,39,46)(H,40,47)/t28-/m0/s1. The number of aromatic nitrogens is 4. The molecule has 1 aliphatic rings. The summed E-state index contributed by atoms with van der Waals surface area (Å²) in [5.41, 5.74) is 10.6.